The van der Waals surface area contributed by atoms with Crippen LogP contribution >= 0.6 is 0 Å². The highest BCUT2D eigenvalue weighted by Crippen LogP contribution is 1.77. The molecule has 0 spiro atoms. The molecule has 6 nitrogen and oxygen atoms in total. The van der Waals surface area contributed by atoms with E-state index in [4.69, 9.17) is 22.5 Å². The Morgan fingerprint density at radius 3 is 2.22 bits per heavy atom. The molecule has 0 aliphatic carbocycles. The van der Waals surface area contributed by atoms with Crippen molar-refractivity contribution in [2.24, 2.45) is 17.4 Å². The maximum absolute atomic E-state index is 10.5. The van der Waals surface area contributed by atoms with Crippen LogP contribution in [0.25, 0.3) is 0 Å². The van der Waals surface area contributed by atoms with Gasteiger partial charge in [0.2, 0.25) is 0 Å². The number of nitrogens with two attached hydrogens (primary N) is 3. The number of carbonyl (C=O) groups is 1. The van der Waals surface area contributed by atoms with Gasteiger partial charge in [-0.3, -0.25) is 4.79 Å². The summed E-state index contributed by atoms with van der Waals surface area (Å²) in [6.07, 6.45) is 0. The van der Waals surface area contributed by atoms with E-state index in [0.29, 0.717) is 5.12 Å². The van der Waals surface area contributed by atoms with Crippen LogP contribution in [0.4, 0.5) is 0 Å². The molecule has 0 aromatic carbocycles. The average Bonchev–Trinajstić information content (AvgIpc) is 1.84. The van der Waals surface area contributed by atoms with Crippen molar-refractivity contribution in [3.05, 3.63) is 0 Å². The van der Waals surface area contributed by atoms with Gasteiger partial charge < -0.3 is 10.8 Å². The second-order valence-electron chi connectivity index (χ2n) is 1.53. The fourth-order valence-corrected chi connectivity index (χ4v) is 0.270. The first-order valence-electron chi connectivity index (χ1n) is 2.29. The Morgan fingerprint density at radius 2 is 2.11 bits per heavy atom. The quantitative estimate of drug-likeness (QED) is 0.181. The predicted molar refractivity (Wildman–Crippen MR) is 30.3 cm³/mol. The molecule has 0 aliphatic rings. The Kier molecular flexibility index (Phi) is 3.10. The van der Waals surface area contributed by atoms with Gasteiger partial charge in [-0.2, -0.15) is 0 Å². The fourth-order valence-electron chi connectivity index (χ4n) is 0.270. The predicted octanol–water partition coefficient (Wildman–Crippen LogP) is -3.12. The standard InChI is InChI=1S/C3H10N4O2/c4-2(1-8)3(9)7(5)6/h2,8H,1,4-6H2/t2-/m0/s1. The number of aliphatic hydroxyl groups is 1. The molecule has 0 rings (SSSR count). The van der Waals surface area contributed by atoms with Crippen LogP contribution in [-0.2, 0) is 4.79 Å². The summed E-state index contributed by atoms with van der Waals surface area (Å²) < 4.78 is 0. The van der Waals surface area contributed by atoms with Gasteiger partial charge >= 0.3 is 0 Å². The summed E-state index contributed by atoms with van der Waals surface area (Å²) in [7, 11) is 0. The van der Waals surface area contributed by atoms with Crippen molar-refractivity contribution < 1.29 is 9.90 Å². The monoisotopic (exact) mass is 134 g/mol. The Labute approximate surface area is 52.1 Å². The number of aliphatic hydroxyl groups excluding tert-OH is 1. The molecule has 0 fully saturated rings. The summed E-state index contributed by atoms with van der Waals surface area (Å²) in [6, 6.07) is -1.01. The van der Waals surface area contributed by atoms with Crippen LogP contribution in [0.1, 0.15) is 0 Å². The zero-order chi connectivity index (χ0) is 7.44. The molecule has 0 unspecified atom stereocenters. The molecule has 54 valence electrons. The largest absolute Gasteiger partial charge is 0.394 e. The third kappa shape index (κ3) is 2.38. The maximum atomic E-state index is 10.5. The molecule has 0 saturated heterocycles. The number of nitrogens with zero attached hydrogens (tertiary/aromatic N) is 1. The first-order valence-corrected chi connectivity index (χ1v) is 2.29. The number of rotatable bonds is 2. The van der Waals surface area contributed by atoms with Gasteiger partial charge in [0.15, 0.2) is 0 Å². The number of hydrogen-bond acceptors (Lipinski definition) is 5. The minimum atomic E-state index is -1.01. The van der Waals surface area contributed by atoms with E-state index in [-0.39, 0.29) is 0 Å². The summed E-state index contributed by atoms with van der Waals surface area (Å²) in [5, 5.41) is 8.62. The van der Waals surface area contributed by atoms with Gasteiger partial charge in [0, 0.05) is 0 Å². The van der Waals surface area contributed by atoms with Crippen molar-refractivity contribution in [1.29, 1.82) is 0 Å². The van der Waals surface area contributed by atoms with Crippen molar-refractivity contribution in [3.8, 4) is 0 Å². The molecule has 0 bridgehead atoms. The molecular weight excluding hydrogens is 124 g/mol. The molecule has 0 saturated carbocycles. The zero-order valence-corrected chi connectivity index (χ0v) is 4.82. The van der Waals surface area contributed by atoms with E-state index in [9.17, 15) is 4.79 Å². The van der Waals surface area contributed by atoms with Gasteiger partial charge in [-0.15, -0.1) is 0 Å². The highest BCUT2D eigenvalue weighted by atomic mass is 16.3. The first-order chi connectivity index (χ1) is 4.09. The molecule has 0 aromatic heterocycles. The smallest absolute Gasteiger partial charge is 0.270 e. The molecular formula is C3H10N4O2. The molecule has 0 radical (unpaired) electrons. The highest BCUT2D eigenvalue weighted by Gasteiger charge is 2.14. The summed E-state index contributed by atoms with van der Waals surface area (Å²) in [4.78, 5) is 10.5. The van der Waals surface area contributed by atoms with E-state index >= 15 is 0 Å². The number of hydrazine groups is 2. The SMILES string of the molecule is N[C@@H](CO)C(=O)N(N)N. The van der Waals surface area contributed by atoms with Gasteiger partial charge in [0.1, 0.15) is 6.04 Å². The Balaban J connectivity index is 3.73. The van der Waals surface area contributed by atoms with Crippen LogP contribution in [0.2, 0.25) is 0 Å². The minimum Gasteiger partial charge on any atom is -0.394 e. The minimum absolute atomic E-state index is 0.348. The van der Waals surface area contributed by atoms with Crippen LogP contribution in [-0.4, -0.2) is 28.8 Å². The van der Waals surface area contributed by atoms with Gasteiger partial charge in [0.05, 0.1) is 6.61 Å². The van der Waals surface area contributed by atoms with Gasteiger partial charge in [-0.25, -0.2) is 16.8 Å². The van der Waals surface area contributed by atoms with E-state index in [1.165, 1.54) is 0 Å². The molecule has 1 atom stereocenters. The van der Waals surface area contributed by atoms with Crippen molar-refractivity contribution >= 4 is 5.91 Å². The van der Waals surface area contributed by atoms with Crippen LogP contribution in [0.15, 0.2) is 0 Å². The summed E-state index contributed by atoms with van der Waals surface area (Å²) >= 11 is 0. The summed E-state index contributed by atoms with van der Waals surface area (Å²) in [6.45, 7) is -0.455. The second-order valence-corrected chi connectivity index (χ2v) is 1.53. The van der Waals surface area contributed by atoms with E-state index in [1.54, 1.807) is 0 Å². The normalized spacial score (nSPS) is 12.9. The van der Waals surface area contributed by atoms with Crippen molar-refractivity contribution in [2.75, 3.05) is 6.61 Å². The van der Waals surface area contributed by atoms with E-state index in [2.05, 4.69) is 0 Å². The molecule has 9 heavy (non-hydrogen) atoms. The lowest BCUT2D eigenvalue weighted by Crippen LogP contribution is -2.52. The first kappa shape index (κ1) is 8.31. The fraction of sp³-hybridized carbons (Fsp3) is 0.667. The van der Waals surface area contributed by atoms with Gasteiger partial charge in [-0.05, 0) is 0 Å². The van der Waals surface area contributed by atoms with E-state index in [0.717, 1.165) is 0 Å². The van der Waals surface area contributed by atoms with Crippen molar-refractivity contribution in [1.82, 2.24) is 5.12 Å². The van der Waals surface area contributed by atoms with E-state index < -0.39 is 18.6 Å². The maximum Gasteiger partial charge on any atom is 0.270 e. The lowest BCUT2D eigenvalue weighted by molar-refractivity contribution is -0.134. The number of carbonyl (C=O) groups excluding carboxylic acids is 1. The van der Waals surface area contributed by atoms with Crippen LogP contribution < -0.4 is 17.4 Å². The Bertz CT molecular complexity index is 104. The molecule has 1 amide bonds. The molecule has 0 heterocycles. The molecule has 0 aromatic rings. The summed E-state index contributed by atoms with van der Waals surface area (Å²) in [5.41, 5.74) is 5.02. The Hall–Kier alpha value is -0.690. The Morgan fingerprint density at radius 1 is 1.67 bits per heavy atom. The number of hydrogen-bond donors (Lipinski definition) is 4. The van der Waals surface area contributed by atoms with Crippen molar-refractivity contribution in [3.63, 3.8) is 0 Å². The molecule has 6 heteroatoms. The second kappa shape index (κ2) is 3.36. The van der Waals surface area contributed by atoms with Crippen molar-refractivity contribution in [2.45, 2.75) is 6.04 Å². The third-order valence-corrected chi connectivity index (χ3v) is 0.768. The zero-order valence-electron chi connectivity index (χ0n) is 4.82. The lowest BCUT2D eigenvalue weighted by Gasteiger charge is -2.12. The summed E-state index contributed by atoms with van der Waals surface area (Å²) in [5.74, 6) is 8.87. The third-order valence-electron chi connectivity index (χ3n) is 0.768. The van der Waals surface area contributed by atoms with Gasteiger partial charge in [-0.1, -0.05) is 0 Å². The molecule has 7 N–H and O–H groups in total. The average molecular weight is 134 g/mol. The van der Waals surface area contributed by atoms with Gasteiger partial charge in [0.25, 0.3) is 5.91 Å². The number of amides is 1. The van der Waals surface area contributed by atoms with Crippen LogP contribution in [0.5, 0.6) is 0 Å². The van der Waals surface area contributed by atoms with Crippen LogP contribution in [0.3, 0.4) is 0 Å². The molecule has 0 aliphatic heterocycles. The van der Waals surface area contributed by atoms with E-state index in [1.807, 2.05) is 0 Å². The highest BCUT2D eigenvalue weighted by molar-refractivity contribution is 5.80. The topological polar surface area (TPSA) is 119 Å². The lowest BCUT2D eigenvalue weighted by atomic mass is 10.3. The van der Waals surface area contributed by atoms with Crippen LogP contribution in [0, 0.1) is 0 Å².